The number of amides is 1. The van der Waals surface area contributed by atoms with Crippen molar-refractivity contribution in [1.82, 2.24) is 24.4 Å². The van der Waals surface area contributed by atoms with Crippen LogP contribution in [-0.2, 0) is 11.8 Å². The quantitative estimate of drug-likeness (QED) is 0.283. The first kappa shape index (κ1) is 24.2. The van der Waals surface area contributed by atoms with Gasteiger partial charge in [-0.1, -0.05) is 43.3 Å². The number of aromatic nitrogens is 4. The topological polar surface area (TPSA) is 76.0 Å². The van der Waals surface area contributed by atoms with Gasteiger partial charge < -0.3 is 14.3 Å². The summed E-state index contributed by atoms with van der Waals surface area (Å²) in [7, 11) is 2.02. The van der Waals surface area contributed by atoms with Crippen molar-refractivity contribution in [2.24, 2.45) is 13.0 Å². The summed E-state index contributed by atoms with van der Waals surface area (Å²) in [5.41, 5.74) is 8.04. The Morgan fingerprint density at radius 3 is 2.26 bits per heavy atom. The molecule has 7 nitrogen and oxygen atoms in total. The Labute approximate surface area is 222 Å². The Balaban J connectivity index is 1.26. The van der Waals surface area contributed by atoms with Gasteiger partial charge in [0.05, 0.1) is 34.4 Å². The number of carbonyl (C=O) groups excluding carboxylic acids is 1. The van der Waals surface area contributed by atoms with Gasteiger partial charge in [-0.2, -0.15) is 0 Å². The molecular weight excluding hydrogens is 474 g/mol. The minimum atomic E-state index is -0.531. The third-order valence-electron chi connectivity index (χ3n) is 7.23. The molecule has 1 N–H and O–H groups in total. The molecule has 5 aromatic rings. The van der Waals surface area contributed by atoms with Gasteiger partial charge in [0.2, 0.25) is 0 Å². The molecule has 38 heavy (non-hydrogen) atoms. The summed E-state index contributed by atoms with van der Waals surface area (Å²) in [5, 5.41) is 0. The Kier molecular flexibility index (Phi) is 5.74. The van der Waals surface area contributed by atoms with Crippen LogP contribution in [0.1, 0.15) is 46.0 Å². The summed E-state index contributed by atoms with van der Waals surface area (Å²) in [6.07, 6.45) is 2.42. The lowest BCUT2D eigenvalue weighted by atomic mass is 10.00. The molecule has 3 aromatic carbocycles. The van der Waals surface area contributed by atoms with Gasteiger partial charge in [0.15, 0.2) is 0 Å². The highest BCUT2D eigenvalue weighted by atomic mass is 16.6. The standard InChI is InChI=1S/C31H33N5O2/c1-19-14-28(36(17-19)30(37)38-31(2,3)4)29-33-24-12-10-22(15-26(24)34-29)20-6-8-21(9-7-20)23-11-13-25-27(16-23)35(5)18-32-25/h6-13,15-16,18-19,28H,14,17H2,1-5H3,(H,33,34)/t19-,28-/m0/s1. The van der Waals surface area contributed by atoms with Crippen LogP contribution < -0.4 is 0 Å². The number of hydrogen-bond acceptors (Lipinski definition) is 4. The normalized spacial score (nSPS) is 18.0. The van der Waals surface area contributed by atoms with E-state index in [2.05, 4.69) is 71.5 Å². The van der Waals surface area contributed by atoms with E-state index in [1.165, 1.54) is 11.1 Å². The number of aryl methyl sites for hydroxylation is 1. The van der Waals surface area contributed by atoms with Crippen molar-refractivity contribution in [2.45, 2.75) is 45.8 Å². The molecule has 6 rings (SSSR count). The minimum Gasteiger partial charge on any atom is -0.444 e. The molecule has 0 unspecified atom stereocenters. The molecule has 0 radical (unpaired) electrons. The maximum Gasteiger partial charge on any atom is 0.410 e. The minimum absolute atomic E-state index is 0.119. The van der Waals surface area contributed by atoms with Crippen LogP contribution in [0, 0.1) is 5.92 Å². The fourth-order valence-corrected chi connectivity index (χ4v) is 5.36. The predicted octanol–water partition coefficient (Wildman–Crippen LogP) is 7.10. The van der Waals surface area contributed by atoms with E-state index in [1.54, 1.807) is 0 Å². The number of likely N-dealkylation sites (tertiary alicyclic amines) is 1. The van der Waals surface area contributed by atoms with Crippen LogP contribution in [0.3, 0.4) is 0 Å². The first-order valence-corrected chi connectivity index (χ1v) is 13.2. The van der Waals surface area contributed by atoms with Gasteiger partial charge in [-0.05, 0) is 79.6 Å². The molecule has 1 aliphatic rings. The number of carbonyl (C=O) groups is 1. The molecule has 0 aliphatic carbocycles. The zero-order chi connectivity index (χ0) is 26.6. The lowest BCUT2D eigenvalue weighted by molar-refractivity contribution is 0.0215. The highest BCUT2D eigenvalue weighted by Crippen LogP contribution is 2.36. The monoisotopic (exact) mass is 507 g/mol. The third kappa shape index (κ3) is 4.53. The molecule has 0 saturated carbocycles. The van der Waals surface area contributed by atoms with Gasteiger partial charge in [-0.3, -0.25) is 4.90 Å². The molecule has 1 saturated heterocycles. The molecule has 2 atom stereocenters. The van der Waals surface area contributed by atoms with E-state index in [1.807, 2.05) is 49.7 Å². The van der Waals surface area contributed by atoms with Crippen LogP contribution in [0.15, 0.2) is 67.0 Å². The summed E-state index contributed by atoms with van der Waals surface area (Å²) in [6.45, 7) is 8.52. The zero-order valence-corrected chi connectivity index (χ0v) is 22.5. The maximum absolute atomic E-state index is 12.9. The van der Waals surface area contributed by atoms with Crippen LogP contribution in [0.2, 0.25) is 0 Å². The Hall–Kier alpha value is -4.13. The van der Waals surface area contributed by atoms with Gasteiger partial charge in [0.1, 0.15) is 11.4 Å². The zero-order valence-electron chi connectivity index (χ0n) is 22.5. The molecule has 194 valence electrons. The predicted molar refractivity (Wildman–Crippen MR) is 151 cm³/mol. The van der Waals surface area contributed by atoms with Crippen molar-refractivity contribution >= 4 is 28.2 Å². The molecule has 7 heteroatoms. The van der Waals surface area contributed by atoms with Crippen LogP contribution >= 0.6 is 0 Å². The summed E-state index contributed by atoms with van der Waals surface area (Å²) >= 11 is 0. The highest BCUT2D eigenvalue weighted by molar-refractivity contribution is 5.84. The van der Waals surface area contributed by atoms with Crippen LogP contribution in [-0.4, -0.2) is 42.7 Å². The van der Waals surface area contributed by atoms with E-state index in [0.29, 0.717) is 12.5 Å². The lowest BCUT2D eigenvalue weighted by Crippen LogP contribution is -2.37. The van der Waals surface area contributed by atoms with E-state index >= 15 is 0 Å². The number of nitrogens with one attached hydrogen (secondary N) is 1. The van der Waals surface area contributed by atoms with Crippen LogP contribution in [0.4, 0.5) is 4.79 Å². The SMILES string of the molecule is C[C@H]1C[C@@H](c2nc3ccc(-c4ccc(-c5ccc6ncn(C)c6c5)cc4)cc3[nH]2)N(C(=O)OC(C)(C)C)C1. The molecule has 3 heterocycles. The van der Waals surface area contributed by atoms with E-state index in [0.717, 1.165) is 45.4 Å². The highest BCUT2D eigenvalue weighted by Gasteiger charge is 2.38. The first-order chi connectivity index (χ1) is 18.1. The van der Waals surface area contributed by atoms with Crippen LogP contribution in [0.25, 0.3) is 44.3 Å². The molecule has 1 fully saturated rings. The molecular formula is C31H33N5O2. The average Bonchev–Trinajstić information content (AvgIpc) is 3.59. The van der Waals surface area contributed by atoms with E-state index in [4.69, 9.17) is 9.72 Å². The number of nitrogens with zero attached hydrogens (tertiary/aromatic N) is 4. The summed E-state index contributed by atoms with van der Waals surface area (Å²) < 4.78 is 7.72. The number of aromatic amines is 1. The number of H-pyrrole nitrogens is 1. The second-order valence-electron chi connectivity index (χ2n) is 11.5. The maximum atomic E-state index is 12.9. The number of fused-ring (bicyclic) bond motifs is 2. The summed E-state index contributed by atoms with van der Waals surface area (Å²) in [5.74, 6) is 1.20. The van der Waals surface area contributed by atoms with Crippen molar-refractivity contribution in [3.63, 3.8) is 0 Å². The van der Waals surface area contributed by atoms with Crippen molar-refractivity contribution in [3.05, 3.63) is 72.8 Å². The Morgan fingerprint density at radius 1 is 0.947 bits per heavy atom. The van der Waals surface area contributed by atoms with Gasteiger partial charge in [0, 0.05) is 13.6 Å². The number of benzene rings is 3. The van der Waals surface area contributed by atoms with Gasteiger partial charge in [0.25, 0.3) is 0 Å². The number of rotatable bonds is 3. The van der Waals surface area contributed by atoms with Crippen molar-refractivity contribution in [3.8, 4) is 22.3 Å². The van der Waals surface area contributed by atoms with Crippen molar-refractivity contribution in [1.29, 1.82) is 0 Å². The molecule has 1 amide bonds. The van der Waals surface area contributed by atoms with E-state index < -0.39 is 5.60 Å². The van der Waals surface area contributed by atoms with Crippen molar-refractivity contribution < 1.29 is 9.53 Å². The first-order valence-electron chi connectivity index (χ1n) is 13.2. The van der Waals surface area contributed by atoms with Gasteiger partial charge in [-0.25, -0.2) is 14.8 Å². The molecule has 0 bridgehead atoms. The van der Waals surface area contributed by atoms with Gasteiger partial charge >= 0.3 is 6.09 Å². The lowest BCUT2D eigenvalue weighted by Gasteiger charge is -2.27. The Bertz CT molecular complexity index is 1640. The van der Waals surface area contributed by atoms with Crippen LogP contribution in [0.5, 0.6) is 0 Å². The van der Waals surface area contributed by atoms with Crippen molar-refractivity contribution in [2.75, 3.05) is 6.54 Å². The molecule has 0 spiro atoms. The average molecular weight is 508 g/mol. The molecule has 2 aromatic heterocycles. The van der Waals surface area contributed by atoms with Gasteiger partial charge in [-0.15, -0.1) is 0 Å². The largest absolute Gasteiger partial charge is 0.444 e. The summed E-state index contributed by atoms with van der Waals surface area (Å²) in [6, 6.07) is 21.2. The third-order valence-corrected chi connectivity index (χ3v) is 7.23. The summed E-state index contributed by atoms with van der Waals surface area (Å²) in [4.78, 5) is 27.5. The number of hydrogen-bond donors (Lipinski definition) is 1. The fourth-order valence-electron chi connectivity index (χ4n) is 5.36. The number of ether oxygens (including phenoxy) is 1. The fraction of sp³-hybridized carbons (Fsp3) is 0.323. The number of imidazole rings is 2. The van der Waals surface area contributed by atoms with E-state index in [9.17, 15) is 4.79 Å². The molecule has 1 aliphatic heterocycles. The smallest absolute Gasteiger partial charge is 0.410 e. The second kappa shape index (κ2) is 9.01. The van der Waals surface area contributed by atoms with E-state index in [-0.39, 0.29) is 12.1 Å². The second-order valence-corrected chi connectivity index (χ2v) is 11.5. The Morgan fingerprint density at radius 2 is 1.58 bits per heavy atom.